The van der Waals surface area contributed by atoms with Crippen molar-refractivity contribution >= 4 is 5.69 Å². The third kappa shape index (κ3) is 1.62. The average molecular weight is 227 g/mol. The fraction of sp³-hybridized carbons (Fsp3) is 0.357. The molecule has 0 fully saturated rings. The molecule has 1 aromatic heterocycles. The zero-order valence-corrected chi connectivity index (χ0v) is 10.3. The van der Waals surface area contributed by atoms with E-state index in [0.717, 1.165) is 13.0 Å². The quantitative estimate of drug-likeness (QED) is 0.811. The third-order valence-electron chi connectivity index (χ3n) is 3.47. The normalized spacial score (nSPS) is 14.2. The van der Waals surface area contributed by atoms with E-state index < -0.39 is 0 Å². The van der Waals surface area contributed by atoms with Crippen molar-refractivity contribution in [2.24, 2.45) is 7.05 Å². The maximum atomic E-state index is 4.34. The van der Waals surface area contributed by atoms with Crippen molar-refractivity contribution in [1.82, 2.24) is 9.78 Å². The summed E-state index contributed by atoms with van der Waals surface area (Å²) in [6.45, 7) is 3.21. The van der Waals surface area contributed by atoms with Crippen molar-refractivity contribution in [3.05, 3.63) is 35.5 Å². The molecule has 0 aliphatic carbocycles. The number of aryl methyl sites for hydroxylation is 2. The Morgan fingerprint density at radius 3 is 3.00 bits per heavy atom. The highest BCUT2D eigenvalue weighted by atomic mass is 15.3. The molecule has 0 atom stereocenters. The molecule has 17 heavy (non-hydrogen) atoms. The standard InChI is InChI=1S/C14H17N3/c1-10-9-16-17(2)14(10)12-5-3-7-13-11(12)6-4-8-15-13/h3,5,7,9,15H,4,6,8H2,1-2H3. The van der Waals surface area contributed by atoms with Crippen LogP contribution in [0.15, 0.2) is 24.4 Å². The van der Waals surface area contributed by atoms with Crippen molar-refractivity contribution in [1.29, 1.82) is 0 Å². The first kappa shape index (κ1) is 10.4. The second-order valence-electron chi connectivity index (χ2n) is 4.66. The molecule has 2 heterocycles. The minimum Gasteiger partial charge on any atom is -0.385 e. The summed E-state index contributed by atoms with van der Waals surface area (Å²) in [7, 11) is 2.01. The van der Waals surface area contributed by atoms with Gasteiger partial charge in [-0.15, -0.1) is 0 Å². The summed E-state index contributed by atoms with van der Waals surface area (Å²) in [5, 5.41) is 7.81. The van der Waals surface area contributed by atoms with Crippen LogP contribution in [0.2, 0.25) is 0 Å². The van der Waals surface area contributed by atoms with Crippen molar-refractivity contribution in [3.8, 4) is 11.3 Å². The molecule has 3 nitrogen and oxygen atoms in total. The highest BCUT2D eigenvalue weighted by molar-refractivity contribution is 5.74. The SMILES string of the molecule is Cc1cnn(C)c1-c1cccc2c1CCCN2. The van der Waals surface area contributed by atoms with Crippen molar-refractivity contribution < 1.29 is 0 Å². The first-order chi connectivity index (χ1) is 8.27. The number of hydrogen-bond acceptors (Lipinski definition) is 2. The Hall–Kier alpha value is -1.77. The number of nitrogens with zero attached hydrogens (tertiary/aromatic N) is 2. The van der Waals surface area contributed by atoms with Gasteiger partial charge in [0.05, 0.1) is 11.9 Å². The van der Waals surface area contributed by atoms with Gasteiger partial charge in [0.2, 0.25) is 0 Å². The summed E-state index contributed by atoms with van der Waals surface area (Å²) < 4.78 is 1.97. The van der Waals surface area contributed by atoms with E-state index in [1.807, 2.05) is 17.9 Å². The Morgan fingerprint density at radius 1 is 1.35 bits per heavy atom. The molecule has 1 aliphatic heterocycles. The fourth-order valence-corrected chi connectivity index (χ4v) is 2.67. The monoisotopic (exact) mass is 227 g/mol. The molecule has 3 rings (SSSR count). The predicted octanol–water partition coefficient (Wildman–Crippen LogP) is 2.75. The molecule has 0 saturated heterocycles. The summed E-state index contributed by atoms with van der Waals surface area (Å²) in [6, 6.07) is 6.50. The molecule has 0 saturated carbocycles. The number of rotatable bonds is 1. The van der Waals surface area contributed by atoms with Crippen LogP contribution in [0.25, 0.3) is 11.3 Å². The van der Waals surface area contributed by atoms with Crippen LogP contribution in [0, 0.1) is 6.92 Å². The second kappa shape index (κ2) is 3.91. The molecule has 3 heteroatoms. The van der Waals surface area contributed by atoms with Crippen LogP contribution in [0.3, 0.4) is 0 Å². The molecular weight excluding hydrogens is 210 g/mol. The number of anilines is 1. The number of fused-ring (bicyclic) bond motifs is 1. The topological polar surface area (TPSA) is 29.9 Å². The summed E-state index contributed by atoms with van der Waals surface area (Å²) in [6.07, 6.45) is 4.30. The van der Waals surface area contributed by atoms with Gasteiger partial charge in [-0.1, -0.05) is 12.1 Å². The lowest BCUT2D eigenvalue weighted by Gasteiger charge is -2.21. The Balaban J connectivity index is 2.21. The van der Waals surface area contributed by atoms with Gasteiger partial charge in [-0.2, -0.15) is 5.10 Å². The molecule has 1 aromatic carbocycles. The van der Waals surface area contributed by atoms with Crippen molar-refractivity contribution in [3.63, 3.8) is 0 Å². The zero-order valence-electron chi connectivity index (χ0n) is 10.3. The lowest BCUT2D eigenvalue weighted by Crippen LogP contribution is -2.13. The van der Waals surface area contributed by atoms with Gasteiger partial charge in [0.25, 0.3) is 0 Å². The van der Waals surface area contributed by atoms with E-state index in [1.165, 1.54) is 34.5 Å². The van der Waals surface area contributed by atoms with Gasteiger partial charge in [-0.05, 0) is 37.0 Å². The summed E-state index contributed by atoms with van der Waals surface area (Å²) in [4.78, 5) is 0. The smallest absolute Gasteiger partial charge is 0.0711 e. The number of nitrogens with one attached hydrogen (secondary N) is 1. The minimum absolute atomic E-state index is 1.08. The van der Waals surface area contributed by atoms with Crippen LogP contribution in [0.5, 0.6) is 0 Å². The molecule has 0 bridgehead atoms. The summed E-state index contributed by atoms with van der Waals surface area (Å²) in [5.74, 6) is 0. The maximum absolute atomic E-state index is 4.34. The van der Waals surface area contributed by atoms with Gasteiger partial charge in [0, 0.05) is 24.8 Å². The first-order valence-corrected chi connectivity index (χ1v) is 6.12. The van der Waals surface area contributed by atoms with Gasteiger partial charge < -0.3 is 5.32 Å². The van der Waals surface area contributed by atoms with Crippen LogP contribution < -0.4 is 5.32 Å². The largest absolute Gasteiger partial charge is 0.385 e. The van der Waals surface area contributed by atoms with Gasteiger partial charge >= 0.3 is 0 Å². The van der Waals surface area contributed by atoms with Crippen LogP contribution in [-0.4, -0.2) is 16.3 Å². The predicted molar refractivity (Wildman–Crippen MR) is 70.2 cm³/mol. The van der Waals surface area contributed by atoms with Crippen LogP contribution in [0.1, 0.15) is 17.5 Å². The van der Waals surface area contributed by atoms with E-state index in [2.05, 4.69) is 35.5 Å². The molecule has 0 amide bonds. The molecule has 1 aliphatic rings. The zero-order chi connectivity index (χ0) is 11.8. The van der Waals surface area contributed by atoms with Crippen molar-refractivity contribution in [2.75, 3.05) is 11.9 Å². The van der Waals surface area contributed by atoms with E-state index in [1.54, 1.807) is 0 Å². The number of benzene rings is 1. The van der Waals surface area contributed by atoms with Crippen LogP contribution in [-0.2, 0) is 13.5 Å². The van der Waals surface area contributed by atoms with E-state index in [-0.39, 0.29) is 0 Å². The van der Waals surface area contributed by atoms with Gasteiger partial charge in [-0.3, -0.25) is 4.68 Å². The van der Waals surface area contributed by atoms with Crippen LogP contribution in [0.4, 0.5) is 5.69 Å². The van der Waals surface area contributed by atoms with Crippen molar-refractivity contribution in [2.45, 2.75) is 19.8 Å². The maximum Gasteiger partial charge on any atom is 0.0711 e. The Labute approximate surface area is 101 Å². The molecule has 88 valence electrons. The molecular formula is C14H17N3. The van der Waals surface area contributed by atoms with Gasteiger partial charge in [-0.25, -0.2) is 0 Å². The van der Waals surface area contributed by atoms with E-state index in [4.69, 9.17) is 0 Å². The number of aromatic nitrogens is 2. The molecule has 0 spiro atoms. The Morgan fingerprint density at radius 2 is 2.24 bits per heavy atom. The lowest BCUT2D eigenvalue weighted by molar-refractivity contribution is 0.771. The summed E-state index contributed by atoms with van der Waals surface area (Å²) in [5.41, 5.74) is 6.53. The molecule has 0 unspecified atom stereocenters. The molecule has 0 radical (unpaired) electrons. The number of hydrogen-bond donors (Lipinski definition) is 1. The fourth-order valence-electron chi connectivity index (χ4n) is 2.67. The second-order valence-corrected chi connectivity index (χ2v) is 4.66. The highest BCUT2D eigenvalue weighted by Gasteiger charge is 2.16. The summed E-state index contributed by atoms with van der Waals surface area (Å²) >= 11 is 0. The molecule has 2 aromatic rings. The van der Waals surface area contributed by atoms with Crippen LogP contribution >= 0.6 is 0 Å². The van der Waals surface area contributed by atoms with Gasteiger partial charge in [0.1, 0.15) is 0 Å². The Kier molecular flexibility index (Phi) is 2.39. The van der Waals surface area contributed by atoms with E-state index in [0.29, 0.717) is 0 Å². The highest BCUT2D eigenvalue weighted by Crippen LogP contribution is 2.33. The van der Waals surface area contributed by atoms with Gasteiger partial charge in [0.15, 0.2) is 0 Å². The van der Waals surface area contributed by atoms with E-state index >= 15 is 0 Å². The lowest BCUT2D eigenvalue weighted by atomic mass is 9.94. The van der Waals surface area contributed by atoms with E-state index in [9.17, 15) is 0 Å². The Bertz CT molecular complexity index is 535. The average Bonchev–Trinajstić information content (AvgIpc) is 2.69. The minimum atomic E-state index is 1.08. The first-order valence-electron chi connectivity index (χ1n) is 6.12. The molecule has 1 N–H and O–H groups in total. The third-order valence-corrected chi connectivity index (χ3v) is 3.47.